The van der Waals surface area contributed by atoms with Gasteiger partial charge >= 0.3 is 0 Å². The molecule has 6 nitrogen and oxygen atoms in total. The van der Waals surface area contributed by atoms with E-state index in [9.17, 15) is 4.79 Å². The minimum Gasteiger partial charge on any atom is -0.350 e. The van der Waals surface area contributed by atoms with E-state index < -0.39 is 0 Å². The summed E-state index contributed by atoms with van der Waals surface area (Å²) in [5.74, 6) is 0.869. The van der Waals surface area contributed by atoms with Gasteiger partial charge in [-0.15, -0.1) is 0 Å². The third-order valence-electron chi connectivity index (χ3n) is 3.39. The van der Waals surface area contributed by atoms with Gasteiger partial charge in [0.15, 0.2) is 0 Å². The van der Waals surface area contributed by atoms with Crippen molar-refractivity contribution in [2.45, 2.75) is 25.4 Å². The first-order valence-electron chi connectivity index (χ1n) is 6.39. The molecule has 0 spiro atoms. The number of nitrogens with zero attached hydrogens (tertiary/aromatic N) is 5. The monoisotopic (exact) mass is 257 g/mol. The van der Waals surface area contributed by atoms with E-state index in [0.717, 1.165) is 25.2 Å². The van der Waals surface area contributed by atoms with Gasteiger partial charge in [0.25, 0.3) is 5.56 Å². The van der Waals surface area contributed by atoms with Crippen molar-refractivity contribution in [2.75, 3.05) is 11.4 Å². The average molecular weight is 257 g/mol. The highest BCUT2D eigenvalue weighted by Crippen LogP contribution is 2.23. The quantitative estimate of drug-likeness (QED) is 0.810. The molecule has 2 aromatic heterocycles. The van der Waals surface area contributed by atoms with Crippen LogP contribution in [0, 0.1) is 0 Å². The summed E-state index contributed by atoms with van der Waals surface area (Å²) in [7, 11) is 0. The molecule has 0 amide bonds. The van der Waals surface area contributed by atoms with Gasteiger partial charge in [-0.05, 0) is 18.9 Å². The molecular weight excluding hydrogens is 242 g/mol. The molecule has 0 saturated carbocycles. The Labute approximate surface area is 110 Å². The molecule has 1 aliphatic rings. The fraction of sp³-hybridized carbons (Fsp3) is 0.385. The maximum Gasteiger partial charge on any atom is 0.266 e. The minimum absolute atomic E-state index is 0.0616. The summed E-state index contributed by atoms with van der Waals surface area (Å²) >= 11 is 0. The summed E-state index contributed by atoms with van der Waals surface area (Å²) in [6, 6.07) is 3.45. The first kappa shape index (κ1) is 11.8. The second-order valence-corrected chi connectivity index (χ2v) is 4.60. The first-order valence-corrected chi connectivity index (χ1v) is 6.39. The zero-order chi connectivity index (χ0) is 13.1. The van der Waals surface area contributed by atoms with Crippen LogP contribution < -0.4 is 10.5 Å². The lowest BCUT2D eigenvalue weighted by atomic mass is 10.2. The van der Waals surface area contributed by atoms with Crippen LogP contribution in [0.4, 0.5) is 5.82 Å². The molecule has 1 atom stereocenters. The highest BCUT2D eigenvalue weighted by atomic mass is 16.1. The molecule has 19 heavy (non-hydrogen) atoms. The summed E-state index contributed by atoms with van der Waals surface area (Å²) in [6.07, 6.45) is 8.90. The van der Waals surface area contributed by atoms with Crippen LogP contribution in [0.1, 0.15) is 12.8 Å². The lowest BCUT2D eigenvalue weighted by Crippen LogP contribution is -2.37. The molecule has 98 valence electrons. The van der Waals surface area contributed by atoms with Gasteiger partial charge in [-0.25, -0.2) is 9.67 Å². The maximum absolute atomic E-state index is 11.7. The van der Waals surface area contributed by atoms with Gasteiger partial charge in [-0.1, -0.05) is 0 Å². The molecular formula is C13H15N5O. The lowest BCUT2D eigenvalue weighted by molar-refractivity contribution is 0.487. The maximum atomic E-state index is 11.7. The summed E-state index contributed by atoms with van der Waals surface area (Å²) in [5.41, 5.74) is -0.0616. The van der Waals surface area contributed by atoms with Crippen LogP contribution in [0.15, 0.2) is 41.7 Å². The Kier molecular flexibility index (Phi) is 3.22. The van der Waals surface area contributed by atoms with Crippen LogP contribution in [0.5, 0.6) is 0 Å². The smallest absolute Gasteiger partial charge is 0.266 e. The molecule has 1 fully saturated rings. The molecule has 3 rings (SSSR count). The fourth-order valence-electron chi connectivity index (χ4n) is 2.49. The van der Waals surface area contributed by atoms with Crippen molar-refractivity contribution in [2.24, 2.45) is 0 Å². The molecule has 1 saturated heterocycles. The highest BCUT2D eigenvalue weighted by molar-refractivity contribution is 5.38. The predicted octanol–water partition coefficient (Wildman–Crippen LogP) is 0.702. The Bertz CT molecular complexity index is 597. The Hall–Kier alpha value is -2.24. The van der Waals surface area contributed by atoms with E-state index in [-0.39, 0.29) is 11.6 Å². The number of rotatable bonds is 3. The molecule has 1 unspecified atom stereocenters. The first-order chi connectivity index (χ1) is 9.34. The normalized spacial score (nSPS) is 18.7. The molecule has 0 radical (unpaired) electrons. The van der Waals surface area contributed by atoms with Crippen LogP contribution in [-0.2, 0) is 6.54 Å². The van der Waals surface area contributed by atoms with E-state index >= 15 is 0 Å². The Morgan fingerprint density at radius 2 is 2.26 bits per heavy atom. The highest BCUT2D eigenvalue weighted by Gasteiger charge is 2.26. The van der Waals surface area contributed by atoms with Gasteiger partial charge in [0.1, 0.15) is 5.82 Å². The summed E-state index contributed by atoms with van der Waals surface area (Å²) in [4.78, 5) is 22.3. The van der Waals surface area contributed by atoms with E-state index in [2.05, 4.69) is 20.0 Å². The molecule has 0 aromatic carbocycles. The largest absolute Gasteiger partial charge is 0.350 e. The van der Waals surface area contributed by atoms with Crippen LogP contribution in [-0.4, -0.2) is 32.3 Å². The van der Waals surface area contributed by atoms with E-state index in [1.165, 1.54) is 10.7 Å². The standard InChI is InChI=1S/C13H15N5O/c19-13-4-1-5-16-18(13)10-11-3-2-8-17(11)12-9-14-6-7-15-12/h1,4-7,9,11H,2-3,8,10H2. The van der Waals surface area contributed by atoms with Gasteiger partial charge in [0.05, 0.1) is 18.8 Å². The van der Waals surface area contributed by atoms with Crippen molar-refractivity contribution >= 4 is 5.82 Å². The van der Waals surface area contributed by atoms with Gasteiger partial charge in [-0.2, -0.15) is 5.10 Å². The second kappa shape index (κ2) is 5.17. The molecule has 6 heteroatoms. The minimum atomic E-state index is -0.0616. The molecule has 1 aliphatic heterocycles. The van der Waals surface area contributed by atoms with Crippen molar-refractivity contribution < 1.29 is 0 Å². The van der Waals surface area contributed by atoms with Crippen molar-refractivity contribution in [3.05, 3.63) is 47.3 Å². The van der Waals surface area contributed by atoms with E-state index in [1.807, 2.05) is 0 Å². The van der Waals surface area contributed by atoms with E-state index in [0.29, 0.717) is 6.54 Å². The predicted molar refractivity (Wildman–Crippen MR) is 70.9 cm³/mol. The summed E-state index contributed by atoms with van der Waals surface area (Å²) in [6.45, 7) is 1.54. The van der Waals surface area contributed by atoms with Gasteiger partial charge < -0.3 is 4.90 Å². The van der Waals surface area contributed by atoms with Crippen molar-refractivity contribution in [1.82, 2.24) is 19.7 Å². The van der Waals surface area contributed by atoms with E-state index in [4.69, 9.17) is 0 Å². The Morgan fingerprint density at radius 3 is 3.05 bits per heavy atom. The van der Waals surface area contributed by atoms with Crippen LogP contribution in [0.3, 0.4) is 0 Å². The lowest BCUT2D eigenvalue weighted by Gasteiger charge is -2.25. The topological polar surface area (TPSA) is 63.9 Å². The zero-order valence-corrected chi connectivity index (χ0v) is 10.5. The third kappa shape index (κ3) is 2.47. The van der Waals surface area contributed by atoms with Crippen molar-refractivity contribution in [3.8, 4) is 0 Å². The van der Waals surface area contributed by atoms with Crippen LogP contribution in [0.2, 0.25) is 0 Å². The number of aromatic nitrogens is 4. The zero-order valence-electron chi connectivity index (χ0n) is 10.5. The van der Waals surface area contributed by atoms with Gasteiger partial charge in [0, 0.05) is 31.2 Å². The molecule has 2 aromatic rings. The van der Waals surface area contributed by atoms with E-state index in [1.54, 1.807) is 30.9 Å². The van der Waals surface area contributed by atoms with Crippen LogP contribution >= 0.6 is 0 Å². The Balaban J connectivity index is 1.81. The summed E-state index contributed by atoms with van der Waals surface area (Å²) in [5, 5.41) is 4.11. The van der Waals surface area contributed by atoms with Crippen molar-refractivity contribution in [1.29, 1.82) is 0 Å². The average Bonchev–Trinajstić information content (AvgIpc) is 2.91. The third-order valence-corrected chi connectivity index (χ3v) is 3.39. The number of anilines is 1. The van der Waals surface area contributed by atoms with Crippen molar-refractivity contribution in [3.63, 3.8) is 0 Å². The Morgan fingerprint density at radius 1 is 1.32 bits per heavy atom. The van der Waals surface area contributed by atoms with Gasteiger partial charge in [-0.3, -0.25) is 9.78 Å². The number of hydrogen-bond donors (Lipinski definition) is 0. The molecule has 0 bridgehead atoms. The number of hydrogen-bond acceptors (Lipinski definition) is 5. The molecule has 0 N–H and O–H groups in total. The molecule has 3 heterocycles. The molecule has 0 aliphatic carbocycles. The fourth-order valence-corrected chi connectivity index (χ4v) is 2.49. The van der Waals surface area contributed by atoms with Gasteiger partial charge in [0.2, 0.25) is 0 Å². The SMILES string of the molecule is O=c1cccnn1CC1CCCN1c1cnccn1. The second-order valence-electron chi connectivity index (χ2n) is 4.60. The van der Waals surface area contributed by atoms with Crippen LogP contribution in [0.25, 0.3) is 0 Å². The summed E-state index contributed by atoms with van der Waals surface area (Å²) < 4.78 is 1.51.